The van der Waals surface area contributed by atoms with Gasteiger partial charge in [-0.25, -0.2) is 4.79 Å². The van der Waals surface area contributed by atoms with Crippen LogP contribution in [-0.2, 0) is 14.3 Å². The molecule has 5 nitrogen and oxygen atoms in total. The van der Waals surface area contributed by atoms with E-state index in [0.29, 0.717) is 12.7 Å². The van der Waals surface area contributed by atoms with E-state index in [9.17, 15) is 9.59 Å². The van der Waals surface area contributed by atoms with Crippen LogP contribution in [-0.4, -0.2) is 65.6 Å². The van der Waals surface area contributed by atoms with Crippen LogP contribution < -0.4 is 0 Å². The Morgan fingerprint density at radius 2 is 2.15 bits per heavy atom. The Kier molecular flexibility index (Phi) is 9.33. The molecule has 6 heteroatoms. The van der Waals surface area contributed by atoms with Crippen LogP contribution >= 0.6 is 0 Å². The van der Waals surface area contributed by atoms with E-state index in [0.717, 1.165) is 4.90 Å². The van der Waals surface area contributed by atoms with Crippen molar-refractivity contribution in [3.05, 3.63) is 12.0 Å². The molecule has 0 saturated carbocycles. The van der Waals surface area contributed by atoms with Gasteiger partial charge in [0.25, 0.3) is 0 Å². The summed E-state index contributed by atoms with van der Waals surface area (Å²) in [4.78, 5) is 22.0. The Labute approximate surface area is 98.6 Å². The van der Waals surface area contributed by atoms with Crippen LogP contribution in [0.5, 0.6) is 0 Å². The third kappa shape index (κ3) is 4.92. The van der Waals surface area contributed by atoms with E-state index in [-0.39, 0.29) is 41.9 Å². The molecule has 0 aliphatic carbocycles. The van der Waals surface area contributed by atoms with Crippen LogP contribution in [0, 0.1) is 0 Å². The van der Waals surface area contributed by atoms with Gasteiger partial charge in [0.2, 0.25) is 6.41 Å². The molecule has 0 aromatic carbocycles. The van der Waals surface area contributed by atoms with E-state index in [2.05, 4.69) is 4.74 Å². The number of esters is 1. The SMILES string of the molecule is CCOC(=O)/C(=C\O)N(C)C=O.[NaH]. The Morgan fingerprint density at radius 3 is 2.46 bits per heavy atom. The Balaban J connectivity index is 0. The second kappa shape index (κ2) is 8.10. The number of amides is 1. The van der Waals surface area contributed by atoms with E-state index >= 15 is 0 Å². The normalized spacial score (nSPS) is 9.85. The molecule has 1 amide bonds. The summed E-state index contributed by atoms with van der Waals surface area (Å²) in [5, 5.41) is 8.56. The molecule has 0 fully saturated rings. The van der Waals surface area contributed by atoms with Gasteiger partial charge in [0, 0.05) is 7.05 Å². The van der Waals surface area contributed by atoms with Gasteiger partial charge in [0.1, 0.15) is 6.26 Å². The van der Waals surface area contributed by atoms with Crippen molar-refractivity contribution in [3.63, 3.8) is 0 Å². The molecular formula is C7H12NNaO4. The molecule has 0 bridgehead atoms. The number of aliphatic hydroxyl groups excluding tert-OH is 1. The molecule has 0 spiro atoms. The van der Waals surface area contributed by atoms with E-state index in [1.165, 1.54) is 7.05 Å². The molecule has 1 N–H and O–H groups in total. The van der Waals surface area contributed by atoms with E-state index in [4.69, 9.17) is 5.11 Å². The third-order valence-corrected chi connectivity index (χ3v) is 1.14. The Hall–Kier alpha value is -0.520. The zero-order valence-electron chi connectivity index (χ0n) is 6.98. The zero-order chi connectivity index (χ0) is 9.56. The molecule has 0 saturated heterocycles. The summed E-state index contributed by atoms with van der Waals surface area (Å²) in [5.74, 6) is -0.727. The number of carbonyl (C=O) groups is 2. The van der Waals surface area contributed by atoms with E-state index < -0.39 is 5.97 Å². The average Bonchev–Trinajstić information content (AvgIpc) is 2.06. The van der Waals surface area contributed by atoms with Crippen molar-refractivity contribution in [1.82, 2.24) is 4.90 Å². The average molecular weight is 197 g/mol. The second-order valence-electron chi connectivity index (χ2n) is 1.95. The van der Waals surface area contributed by atoms with Gasteiger partial charge in [-0.3, -0.25) is 4.79 Å². The van der Waals surface area contributed by atoms with Crippen molar-refractivity contribution in [2.45, 2.75) is 6.92 Å². The second-order valence-corrected chi connectivity index (χ2v) is 1.95. The van der Waals surface area contributed by atoms with Gasteiger partial charge in [-0.2, -0.15) is 0 Å². The first kappa shape index (κ1) is 15.0. The number of hydrogen-bond donors (Lipinski definition) is 1. The monoisotopic (exact) mass is 197 g/mol. The number of nitrogens with zero attached hydrogens (tertiary/aromatic N) is 1. The van der Waals surface area contributed by atoms with Gasteiger partial charge < -0.3 is 14.7 Å². The molecule has 0 aliphatic rings. The number of aliphatic hydroxyl groups is 1. The summed E-state index contributed by atoms with van der Waals surface area (Å²) < 4.78 is 4.55. The molecule has 0 heterocycles. The van der Waals surface area contributed by atoms with Crippen LogP contribution in [0.2, 0.25) is 0 Å². The van der Waals surface area contributed by atoms with Crippen molar-refractivity contribution in [2.75, 3.05) is 13.7 Å². The van der Waals surface area contributed by atoms with Gasteiger partial charge in [-0.1, -0.05) is 0 Å². The maximum absolute atomic E-state index is 10.9. The predicted molar refractivity (Wildman–Crippen MR) is 48.3 cm³/mol. The molecule has 0 unspecified atom stereocenters. The first-order valence-electron chi connectivity index (χ1n) is 3.37. The molecule has 0 aliphatic heterocycles. The Morgan fingerprint density at radius 1 is 1.62 bits per heavy atom. The fraction of sp³-hybridized carbons (Fsp3) is 0.429. The fourth-order valence-electron chi connectivity index (χ4n) is 0.550. The van der Waals surface area contributed by atoms with Crippen molar-refractivity contribution < 1.29 is 19.4 Å². The van der Waals surface area contributed by atoms with Crippen molar-refractivity contribution in [3.8, 4) is 0 Å². The van der Waals surface area contributed by atoms with Gasteiger partial charge in [-0.15, -0.1) is 0 Å². The molecule has 0 radical (unpaired) electrons. The summed E-state index contributed by atoms with van der Waals surface area (Å²) >= 11 is 0. The molecular weight excluding hydrogens is 185 g/mol. The van der Waals surface area contributed by atoms with Crippen molar-refractivity contribution in [2.24, 2.45) is 0 Å². The van der Waals surface area contributed by atoms with Gasteiger partial charge in [-0.05, 0) is 6.92 Å². The first-order valence-corrected chi connectivity index (χ1v) is 3.37. The summed E-state index contributed by atoms with van der Waals surface area (Å²) in [6.45, 7) is 1.83. The van der Waals surface area contributed by atoms with Crippen molar-refractivity contribution in [1.29, 1.82) is 0 Å². The van der Waals surface area contributed by atoms with Crippen LogP contribution in [0.25, 0.3) is 0 Å². The minimum atomic E-state index is -0.727. The molecule has 70 valence electrons. The molecule has 0 aromatic rings. The quantitative estimate of drug-likeness (QED) is 0.214. The standard InChI is InChI=1S/C7H11NO4.Na.H/c1-3-12-7(11)6(4-9)8(2)5-10;;/h4-5,9H,3H2,1-2H3;;/b6-4+;;. The van der Waals surface area contributed by atoms with Gasteiger partial charge in [0.15, 0.2) is 5.70 Å². The molecule has 0 rings (SSSR count). The van der Waals surface area contributed by atoms with E-state index in [1.54, 1.807) is 6.92 Å². The summed E-state index contributed by atoms with van der Waals surface area (Å²) in [5.41, 5.74) is -0.188. The minimum absolute atomic E-state index is 0. The molecule has 0 aromatic heterocycles. The van der Waals surface area contributed by atoms with Gasteiger partial charge in [0.05, 0.1) is 6.61 Å². The zero-order valence-corrected chi connectivity index (χ0v) is 6.98. The van der Waals surface area contributed by atoms with Crippen LogP contribution in [0.15, 0.2) is 12.0 Å². The van der Waals surface area contributed by atoms with Gasteiger partial charge >= 0.3 is 35.5 Å². The Bertz CT molecular complexity index is 205. The number of likely N-dealkylation sites (N-methyl/N-ethyl adjacent to an activating group) is 1. The predicted octanol–water partition coefficient (Wildman–Crippen LogP) is -0.611. The molecule has 0 atom stereocenters. The number of rotatable bonds is 4. The number of carbonyl (C=O) groups excluding carboxylic acids is 2. The maximum atomic E-state index is 10.9. The van der Waals surface area contributed by atoms with Crippen LogP contribution in [0.1, 0.15) is 6.92 Å². The third-order valence-electron chi connectivity index (χ3n) is 1.14. The summed E-state index contributed by atoms with van der Waals surface area (Å²) in [6.07, 6.45) is 0.936. The topological polar surface area (TPSA) is 66.8 Å². The summed E-state index contributed by atoms with van der Waals surface area (Å²) in [7, 11) is 1.34. The number of ether oxygens (including phenoxy) is 1. The van der Waals surface area contributed by atoms with Crippen LogP contribution in [0.4, 0.5) is 0 Å². The van der Waals surface area contributed by atoms with Crippen molar-refractivity contribution >= 4 is 41.9 Å². The summed E-state index contributed by atoms with van der Waals surface area (Å²) in [6, 6.07) is 0. The van der Waals surface area contributed by atoms with Crippen LogP contribution in [0.3, 0.4) is 0 Å². The number of hydrogen-bond acceptors (Lipinski definition) is 4. The fourth-order valence-corrected chi connectivity index (χ4v) is 0.550. The molecule has 13 heavy (non-hydrogen) atoms. The first-order chi connectivity index (χ1) is 5.67. The van der Waals surface area contributed by atoms with E-state index in [1.807, 2.05) is 0 Å².